The highest BCUT2D eigenvalue weighted by Crippen LogP contribution is 2.21. The lowest BCUT2D eigenvalue weighted by Crippen LogP contribution is -2.45. The predicted octanol–water partition coefficient (Wildman–Crippen LogP) is 1.27. The second-order valence-corrected chi connectivity index (χ2v) is 4.74. The van der Waals surface area contributed by atoms with Crippen LogP contribution in [0.2, 0.25) is 0 Å². The van der Waals surface area contributed by atoms with Crippen molar-refractivity contribution in [1.29, 1.82) is 0 Å². The van der Waals surface area contributed by atoms with E-state index in [1.165, 1.54) is 0 Å². The Labute approximate surface area is 113 Å². The molecule has 5 nitrogen and oxygen atoms in total. The first-order chi connectivity index (χ1) is 9.13. The molecule has 1 aliphatic heterocycles. The van der Waals surface area contributed by atoms with Crippen molar-refractivity contribution in [1.82, 2.24) is 15.2 Å². The van der Waals surface area contributed by atoms with Gasteiger partial charge in [0.25, 0.3) is 0 Å². The van der Waals surface area contributed by atoms with Crippen molar-refractivity contribution in [2.75, 3.05) is 6.54 Å². The maximum absolute atomic E-state index is 12.4. The minimum atomic E-state index is -0.416. The zero-order chi connectivity index (χ0) is 13.8. The number of nitrogens with one attached hydrogen (secondary N) is 1. The Kier molecular flexibility index (Phi) is 4.14. The highest BCUT2D eigenvalue weighted by Gasteiger charge is 2.32. The van der Waals surface area contributed by atoms with Crippen LogP contribution in [0.1, 0.15) is 38.4 Å². The molecule has 0 saturated carbocycles. The SMILES string of the molecule is CCC1NC(=O)CCN(C(C)c2ccccn2)C1=O. The number of rotatable bonds is 3. The van der Waals surface area contributed by atoms with Crippen molar-refractivity contribution in [3.05, 3.63) is 30.1 Å². The van der Waals surface area contributed by atoms with Crippen LogP contribution >= 0.6 is 0 Å². The Morgan fingerprint density at radius 3 is 2.89 bits per heavy atom. The van der Waals surface area contributed by atoms with Crippen LogP contribution in [-0.2, 0) is 9.59 Å². The van der Waals surface area contributed by atoms with Gasteiger partial charge in [0.05, 0.1) is 11.7 Å². The largest absolute Gasteiger partial charge is 0.344 e. The summed E-state index contributed by atoms with van der Waals surface area (Å²) < 4.78 is 0. The van der Waals surface area contributed by atoms with Crippen LogP contribution < -0.4 is 5.32 Å². The van der Waals surface area contributed by atoms with Gasteiger partial charge in [-0.25, -0.2) is 0 Å². The standard InChI is InChI=1S/C14H19N3O2/c1-3-11-14(19)17(9-7-13(18)16-11)10(2)12-6-4-5-8-15-12/h4-6,8,10-11H,3,7,9H2,1-2H3,(H,16,18). The van der Waals surface area contributed by atoms with Gasteiger partial charge in [0, 0.05) is 19.2 Å². The van der Waals surface area contributed by atoms with E-state index in [2.05, 4.69) is 10.3 Å². The van der Waals surface area contributed by atoms with Crippen molar-refractivity contribution in [2.45, 2.75) is 38.8 Å². The third kappa shape index (κ3) is 2.92. The molecule has 102 valence electrons. The average Bonchev–Trinajstić information content (AvgIpc) is 2.58. The van der Waals surface area contributed by atoms with E-state index in [0.29, 0.717) is 19.4 Å². The Bertz CT molecular complexity index is 461. The van der Waals surface area contributed by atoms with Gasteiger partial charge in [-0.2, -0.15) is 0 Å². The fraction of sp³-hybridized carbons (Fsp3) is 0.500. The molecule has 2 rings (SSSR count). The van der Waals surface area contributed by atoms with Gasteiger partial charge in [0.15, 0.2) is 0 Å². The normalized spacial score (nSPS) is 21.8. The Hall–Kier alpha value is -1.91. The molecule has 1 N–H and O–H groups in total. The molecule has 0 aromatic carbocycles. The number of pyridine rings is 1. The molecule has 2 amide bonds. The molecule has 2 heterocycles. The van der Waals surface area contributed by atoms with E-state index in [1.54, 1.807) is 11.1 Å². The molecule has 1 aliphatic rings. The summed E-state index contributed by atoms with van der Waals surface area (Å²) in [6.45, 7) is 4.29. The van der Waals surface area contributed by atoms with Crippen LogP contribution in [-0.4, -0.2) is 34.3 Å². The predicted molar refractivity (Wildman–Crippen MR) is 71.2 cm³/mol. The Morgan fingerprint density at radius 2 is 2.26 bits per heavy atom. The average molecular weight is 261 g/mol. The monoisotopic (exact) mass is 261 g/mol. The second kappa shape index (κ2) is 5.82. The zero-order valence-corrected chi connectivity index (χ0v) is 11.3. The van der Waals surface area contributed by atoms with Gasteiger partial charge in [0.1, 0.15) is 6.04 Å². The van der Waals surface area contributed by atoms with E-state index in [0.717, 1.165) is 5.69 Å². The third-order valence-corrected chi connectivity index (χ3v) is 3.49. The minimum absolute atomic E-state index is 0.0218. The first-order valence-corrected chi connectivity index (χ1v) is 6.64. The van der Waals surface area contributed by atoms with Crippen molar-refractivity contribution in [3.63, 3.8) is 0 Å². The van der Waals surface area contributed by atoms with Gasteiger partial charge in [-0.15, -0.1) is 0 Å². The number of amides is 2. The molecule has 19 heavy (non-hydrogen) atoms. The van der Waals surface area contributed by atoms with Crippen LogP contribution in [0.5, 0.6) is 0 Å². The molecule has 5 heteroatoms. The highest BCUT2D eigenvalue weighted by molar-refractivity contribution is 5.90. The molecular weight excluding hydrogens is 242 g/mol. The Balaban J connectivity index is 2.22. The molecule has 1 aromatic rings. The van der Waals surface area contributed by atoms with E-state index in [9.17, 15) is 9.59 Å². The topological polar surface area (TPSA) is 62.3 Å². The van der Waals surface area contributed by atoms with Crippen LogP contribution in [0.4, 0.5) is 0 Å². The smallest absolute Gasteiger partial charge is 0.245 e. The minimum Gasteiger partial charge on any atom is -0.344 e. The van der Waals surface area contributed by atoms with E-state index in [1.807, 2.05) is 32.0 Å². The maximum Gasteiger partial charge on any atom is 0.245 e. The van der Waals surface area contributed by atoms with E-state index in [-0.39, 0.29) is 17.9 Å². The van der Waals surface area contributed by atoms with Crippen LogP contribution in [0.3, 0.4) is 0 Å². The van der Waals surface area contributed by atoms with Gasteiger partial charge in [-0.05, 0) is 25.5 Å². The molecule has 1 fully saturated rings. The lowest BCUT2D eigenvalue weighted by molar-refractivity contribution is -0.135. The van der Waals surface area contributed by atoms with Gasteiger partial charge in [-0.3, -0.25) is 14.6 Å². The van der Waals surface area contributed by atoms with Gasteiger partial charge >= 0.3 is 0 Å². The molecular formula is C14H19N3O2. The molecule has 0 aliphatic carbocycles. The quantitative estimate of drug-likeness (QED) is 0.891. The molecule has 2 unspecified atom stereocenters. The van der Waals surface area contributed by atoms with Gasteiger partial charge in [0.2, 0.25) is 11.8 Å². The van der Waals surface area contributed by atoms with E-state index < -0.39 is 6.04 Å². The van der Waals surface area contributed by atoms with Crippen LogP contribution in [0.15, 0.2) is 24.4 Å². The van der Waals surface area contributed by atoms with Crippen molar-refractivity contribution in [3.8, 4) is 0 Å². The summed E-state index contributed by atoms with van der Waals surface area (Å²) >= 11 is 0. The summed E-state index contributed by atoms with van der Waals surface area (Å²) in [5, 5.41) is 2.76. The molecule has 0 radical (unpaired) electrons. The fourth-order valence-corrected chi connectivity index (χ4v) is 2.30. The summed E-state index contributed by atoms with van der Waals surface area (Å²) in [6.07, 6.45) is 2.67. The second-order valence-electron chi connectivity index (χ2n) is 4.74. The summed E-state index contributed by atoms with van der Waals surface area (Å²) in [5.41, 5.74) is 0.847. The first-order valence-electron chi connectivity index (χ1n) is 6.64. The maximum atomic E-state index is 12.4. The fourth-order valence-electron chi connectivity index (χ4n) is 2.30. The van der Waals surface area contributed by atoms with E-state index >= 15 is 0 Å². The molecule has 0 bridgehead atoms. The molecule has 2 atom stereocenters. The molecule has 1 aromatic heterocycles. The number of nitrogens with zero attached hydrogens (tertiary/aromatic N) is 2. The van der Waals surface area contributed by atoms with E-state index in [4.69, 9.17) is 0 Å². The first kappa shape index (κ1) is 13.5. The lowest BCUT2D eigenvalue weighted by Gasteiger charge is -2.29. The zero-order valence-electron chi connectivity index (χ0n) is 11.3. The van der Waals surface area contributed by atoms with Crippen molar-refractivity contribution in [2.24, 2.45) is 0 Å². The van der Waals surface area contributed by atoms with Crippen molar-refractivity contribution >= 4 is 11.8 Å². The third-order valence-electron chi connectivity index (χ3n) is 3.49. The number of carbonyl (C=O) groups is 2. The van der Waals surface area contributed by atoms with Crippen LogP contribution in [0.25, 0.3) is 0 Å². The summed E-state index contributed by atoms with van der Waals surface area (Å²) in [6, 6.07) is 5.12. The summed E-state index contributed by atoms with van der Waals surface area (Å²) in [5.74, 6) is -0.0811. The van der Waals surface area contributed by atoms with Crippen molar-refractivity contribution < 1.29 is 9.59 Å². The summed E-state index contributed by atoms with van der Waals surface area (Å²) in [7, 11) is 0. The Morgan fingerprint density at radius 1 is 1.47 bits per heavy atom. The summed E-state index contributed by atoms with van der Waals surface area (Å²) in [4.78, 5) is 30.1. The van der Waals surface area contributed by atoms with Crippen LogP contribution in [0, 0.1) is 0 Å². The molecule has 0 spiro atoms. The number of carbonyl (C=O) groups excluding carboxylic acids is 2. The number of hydrogen-bond donors (Lipinski definition) is 1. The number of aromatic nitrogens is 1. The van der Waals surface area contributed by atoms with Gasteiger partial charge in [-0.1, -0.05) is 13.0 Å². The molecule has 1 saturated heterocycles. The number of hydrogen-bond acceptors (Lipinski definition) is 3. The highest BCUT2D eigenvalue weighted by atomic mass is 16.2. The lowest BCUT2D eigenvalue weighted by atomic mass is 10.1. The van der Waals surface area contributed by atoms with Gasteiger partial charge < -0.3 is 10.2 Å².